The molecular weight excluding hydrogens is 352 g/mol. The number of nitrogens with two attached hydrogens (primary N) is 1. The van der Waals surface area contributed by atoms with Gasteiger partial charge in [-0.2, -0.15) is 15.5 Å². The van der Waals surface area contributed by atoms with Crippen molar-refractivity contribution in [3.63, 3.8) is 0 Å². The van der Waals surface area contributed by atoms with Crippen molar-refractivity contribution in [3.8, 4) is 23.8 Å². The number of aromatic nitrogens is 1. The zero-order valence-electron chi connectivity index (χ0n) is 13.7. The van der Waals surface area contributed by atoms with Crippen LogP contribution < -0.4 is 15.8 Å². The van der Waals surface area contributed by atoms with E-state index in [1.165, 1.54) is 12.1 Å². The number of nitriles is 2. The summed E-state index contributed by atoms with van der Waals surface area (Å²) in [6.07, 6.45) is 0. The Labute approximate surface area is 153 Å². The predicted molar refractivity (Wildman–Crippen MR) is 94.2 cm³/mol. The van der Waals surface area contributed by atoms with Gasteiger partial charge in [-0.05, 0) is 42.5 Å². The van der Waals surface area contributed by atoms with E-state index in [4.69, 9.17) is 21.0 Å². The van der Waals surface area contributed by atoms with Crippen LogP contribution in [0.3, 0.4) is 0 Å². The molecule has 1 heterocycles. The van der Waals surface area contributed by atoms with Crippen molar-refractivity contribution in [1.82, 2.24) is 4.98 Å². The molecule has 0 saturated heterocycles. The van der Waals surface area contributed by atoms with E-state index in [1.54, 1.807) is 30.3 Å². The molecule has 3 aromatic rings. The third kappa shape index (κ3) is 3.91. The molecule has 0 fully saturated rings. The summed E-state index contributed by atoms with van der Waals surface area (Å²) in [5.41, 5.74) is 7.09. The quantitative estimate of drug-likeness (QED) is 0.718. The Kier molecular flexibility index (Phi) is 4.82. The Hall–Kier alpha value is -4.17. The highest BCUT2D eigenvalue weighted by molar-refractivity contribution is 5.69. The van der Waals surface area contributed by atoms with E-state index in [-0.39, 0.29) is 22.9 Å². The zero-order valence-corrected chi connectivity index (χ0v) is 13.7. The van der Waals surface area contributed by atoms with Gasteiger partial charge in [0, 0.05) is 11.8 Å². The Bertz CT molecular complexity index is 1060. The predicted octanol–water partition coefficient (Wildman–Crippen LogP) is 4.22. The number of halogens is 2. The number of hydrogen-bond donors (Lipinski definition) is 2. The minimum Gasteiger partial charge on any atom is -0.433 e. The van der Waals surface area contributed by atoms with Crippen molar-refractivity contribution in [1.29, 1.82) is 10.5 Å². The maximum Gasteiger partial charge on any atom is 0.221 e. The third-order valence-electron chi connectivity index (χ3n) is 3.51. The van der Waals surface area contributed by atoms with Gasteiger partial charge in [0.2, 0.25) is 11.6 Å². The Balaban J connectivity index is 1.87. The molecule has 0 aliphatic heterocycles. The van der Waals surface area contributed by atoms with Crippen molar-refractivity contribution in [2.75, 3.05) is 11.1 Å². The first-order chi connectivity index (χ1) is 13.0. The van der Waals surface area contributed by atoms with Gasteiger partial charge in [-0.15, -0.1) is 0 Å². The van der Waals surface area contributed by atoms with Gasteiger partial charge < -0.3 is 15.8 Å². The lowest BCUT2D eigenvalue weighted by molar-refractivity contribution is 0.396. The van der Waals surface area contributed by atoms with E-state index in [9.17, 15) is 8.78 Å². The maximum absolute atomic E-state index is 14.0. The highest BCUT2D eigenvalue weighted by atomic mass is 19.1. The van der Waals surface area contributed by atoms with Gasteiger partial charge in [-0.25, -0.2) is 8.78 Å². The average Bonchev–Trinajstić information content (AvgIpc) is 2.67. The number of anilines is 3. The fourth-order valence-corrected chi connectivity index (χ4v) is 2.20. The molecule has 1 aromatic heterocycles. The summed E-state index contributed by atoms with van der Waals surface area (Å²) in [6.45, 7) is 0. The molecule has 0 amide bonds. The molecule has 8 heteroatoms. The van der Waals surface area contributed by atoms with Crippen LogP contribution in [0.2, 0.25) is 0 Å². The number of nitrogens with one attached hydrogen (secondary N) is 1. The molecule has 3 rings (SSSR count). The SMILES string of the molecule is N#Cc1ccc(Nc2nc(Oc3c(F)cc(C#N)cc3F)ccc2N)cc1. The number of pyridine rings is 1. The van der Waals surface area contributed by atoms with E-state index in [0.29, 0.717) is 11.3 Å². The van der Waals surface area contributed by atoms with Gasteiger partial charge in [0.1, 0.15) is 0 Å². The number of ether oxygens (including phenoxy) is 1. The average molecular weight is 363 g/mol. The summed E-state index contributed by atoms with van der Waals surface area (Å²) in [6, 6.07) is 14.8. The van der Waals surface area contributed by atoms with Gasteiger partial charge in [0.15, 0.2) is 17.5 Å². The van der Waals surface area contributed by atoms with Crippen molar-refractivity contribution in [2.45, 2.75) is 0 Å². The molecule has 132 valence electrons. The van der Waals surface area contributed by atoms with Crippen LogP contribution in [0.5, 0.6) is 11.6 Å². The zero-order chi connectivity index (χ0) is 19.4. The Morgan fingerprint density at radius 3 is 2.15 bits per heavy atom. The van der Waals surface area contributed by atoms with Gasteiger partial charge in [0.25, 0.3) is 0 Å². The number of nitrogens with zero attached hydrogens (tertiary/aromatic N) is 3. The molecule has 0 bridgehead atoms. The van der Waals surface area contributed by atoms with E-state index in [0.717, 1.165) is 12.1 Å². The van der Waals surface area contributed by atoms with Crippen molar-refractivity contribution in [2.24, 2.45) is 0 Å². The topological polar surface area (TPSA) is 108 Å². The van der Waals surface area contributed by atoms with Gasteiger partial charge >= 0.3 is 0 Å². The molecule has 0 atom stereocenters. The Morgan fingerprint density at radius 2 is 1.56 bits per heavy atom. The fourth-order valence-electron chi connectivity index (χ4n) is 2.20. The third-order valence-corrected chi connectivity index (χ3v) is 3.51. The van der Waals surface area contributed by atoms with E-state index in [1.807, 2.05) is 6.07 Å². The molecule has 0 unspecified atom stereocenters. The summed E-state index contributed by atoms with van der Waals surface area (Å²) in [5.74, 6) is -2.59. The molecule has 0 saturated carbocycles. The molecule has 2 aromatic carbocycles. The highest BCUT2D eigenvalue weighted by Gasteiger charge is 2.15. The second-order valence-electron chi connectivity index (χ2n) is 5.38. The van der Waals surface area contributed by atoms with Gasteiger partial charge in [-0.1, -0.05) is 0 Å². The Morgan fingerprint density at radius 1 is 0.926 bits per heavy atom. The van der Waals surface area contributed by atoms with Crippen LogP contribution in [0.15, 0.2) is 48.5 Å². The monoisotopic (exact) mass is 363 g/mol. The standard InChI is InChI=1S/C19H11F2N5O/c20-14-7-12(10-23)8-15(21)18(14)27-17-6-5-16(24)19(26-17)25-13-3-1-11(9-22)2-4-13/h1-8H,24H2,(H,25,26). The number of benzene rings is 2. The summed E-state index contributed by atoms with van der Waals surface area (Å²) >= 11 is 0. The summed E-state index contributed by atoms with van der Waals surface area (Å²) in [7, 11) is 0. The van der Waals surface area contributed by atoms with Gasteiger partial charge in [0.05, 0.1) is 29.0 Å². The lowest BCUT2D eigenvalue weighted by Crippen LogP contribution is -2.02. The first kappa shape index (κ1) is 17.6. The van der Waals surface area contributed by atoms with E-state index in [2.05, 4.69) is 10.3 Å². The van der Waals surface area contributed by atoms with Crippen LogP contribution in [0, 0.1) is 34.3 Å². The molecule has 0 radical (unpaired) electrons. The lowest BCUT2D eigenvalue weighted by atomic mass is 10.2. The maximum atomic E-state index is 14.0. The number of nitrogen functional groups attached to an aromatic ring is 1. The first-order valence-electron chi connectivity index (χ1n) is 7.61. The number of rotatable bonds is 4. The molecule has 6 nitrogen and oxygen atoms in total. The van der Waals surface area contributed by atoms with Crippen LogP contribution in [0.25, 0.3) is 0 Å². The van der Waals surface area contributed by atoms with E-state index < -0.39 is 17.4 Å². The molecule has 0 aliphatic rings. The van der Waals surface area contributed by atoms with Crippen LogP contribution >= 0.6 is 0 Å². The van der Waals surface area contributed by atoms with Crippen LogP contribution in [0.1, 0.15) is 11.1 Å². The molecule has 3 N–H and O–H groups in total. The smallest absolute Gasteiger partial charge is 0.221 e. The lowest BCUT2D eigenvalue weighted by Gasteiger charge is -2.12. The van der Waals surface area contributed by atoms with Crippen LogP contribution in [-0.4, -0.2) is 4.98 Å². The largest absolute Gasteiger partial charge is 0.433 e. The molecule has 27 heavy (non-hydrogen) atoms. The second-order valence-corrected chi connectivity index (χ2v) is 5.38. The summed E-state index contributed by atoms with van der Waals surface area (Å²) in [5, 5.41) is 20.5. The summed E-state index contributed by atoms with van der Waals surface area (Å²) < 4.78 is 33.1. The van der Waals surface area contributed by atoms with Crippen molar-refractivity contribution < 1.29 is 13.5 Å². The van der Waals surface area contributed by atoms with E-state index >= 15 is 0 Å². The normalized spacial score (nSPS) is 9.93. The fraction of sp³-hybridized carbons (Fsp3) is 0. The first-order valence-corrected chi connectivity index (χ1v) is 7.61. The minimum atomic E-state index is -1.02. The number of hydrogen-bond acceptors (Lipinski definition) is 6. The van der Waals surface area contributed by atoms with Crippen molar-refractivity contribution >= 4 is 17.2 Å². The van der Waals surface area contributed by atoms with Crippen LogP contribution in [-0.2, 0) is 0 Å². The molecular formula is C19H11F2N5O. The summed E-state index contributed by atoms with van der Waals surface area (Å²) in [4.78, 5) is 4.11. The molecule has 0 aliphatic carbocycles. The minimum absolute atomic E-state index is 0.0946. The van der Waals surface area contributed by atoms with Gasteiger partial charge in [-0.3, -0.25) is 0 Å². The highest BCUT2D eigenvalue weighted by Crippen LogP contribution is 2.30. The van der Waals surface area contributed by atoms with Crippen LogP contribution in [0.4, 0.5) is 26.0 Å². The second kappa shape index (κ2) is 7.38. The molecule has 0 spiro atoms. The van der Waals surface area contributed by atoms with Crippen molar-refractivity contribution in [3.05, 3.63) is 71.3 Å².